The average molecular weight is 650 g/mol. The van der Waals surface area contributed by atoms with Crippen molar-refractivity contribution in [1.29, 1.82) is 0 Å². The summed E-state index contributed by atoms with van der Waals surface area (Å²) in [7, 11) is 1.35. The molecule has 11 heteroatoms. The van der Waals surface area contributed by atoms with E-state index < -0.39 is 41.9 Å². The molecule has 5 rings (SSSR count). The maximum atomic E-state index is 14.5. The highest BCUT2D eigenvalue weighted by molar-refractivity contribution is 5.93. The molecule has 0 amide bonds. The Balaban J connectivity index is 1.37. The number of carbonyl (C=O) groups is 1. The zero-order valence-corrected chi connectivity index (χ0v) is 26.4. The number of hydrogen-bond donors (Lipinski definition) is 2. The van der Waals surface area contributed by atoms with Gasteiger partial charge in [0, 0.05) is 16.6 Å². The van der Waals surface area contributed by atoms with Gasteiger partial charge in [0.15, 0.2) is 5.60 Å². The molecule has 0 fully saturated rings. The second kappa shape index (κ2) is 13.1. The molecule has 1 aromatic heterocycles. The highest BCUT2D eigenvalue weighted by Gasteiger charge is 2.56. The number of anilines is 1. The molecule has 0 saturated heterocycles. The van der Waals surface area contributed by atoms with Crippen LogP contribution in [0.3, 0.4) is 0 Å². The molecule has 0 saturated carbocycles. The van der Waals surface area contributed by atoms with Gasteiger partial charge in [0.25, 0.3) is 0 Å². The Morgan fingerprint density at radius 2 is 1.68 bits per heavy atom. The molecule has 0 aliphatic carbocycles. The van der Waals surface area contributed by atoms with Gasteiger partial charge < -0.3 is 19.9 Å². The minimum atomic E-state index is -5.02. The van der Waals surface area contributed by atoms with Gasteiger partial charge in [-0.05, 0) is 84.5 Å². The number of aromatic nitrogens is 2. The summed E-state index contributed by atoms with van der Waals surface area (Å²) in [4.78, 5) is 12.6. The van der Waals surface area contributed by atoms with Crippen LogP contribution in [0, 0.1) is 12.7 Å². The number of alkyl halides is 3. The molecule has 7 nitrogen and oxygen atoms in total. The topological polar surface area (TPSA) is 85.6 Å². The molecule has 0 aliphatic heterocycles. The van der Waals surface area contributed by atoms with E-state index >= 15 is 0 Å². The quantitative estimate of drug-likeness (QED) is 0.112. The fourth-order valence-corrected chi connectivity index (χ4v) is 5.70. The zero-order valence-electron chi connectivity index (χ0n) is 26.4. The van der Waals surface area contributed by atoms with E-state index in [0.717, 1.165) is 23.3 Å². The van der Waals surface area contributed by atoms with Crippen LogP contribution in [-0.2, 0) is 16.8 Å². The van der Waals surface area contributed by atoms with Crippen molar-refractivity contribution in [3.8, 4) is 11.4 Å². The lowest BCUT2D eigenvalue weighted by Gasteiger charge is -2.38. The largest absolute Gasteiger partial charge is 0.496 e. The number of benzene rings is 4. The molecular weight excluding hydrogens is 614 g/mol. The Kier molecular flexibility index (Phi) is 9.31. The maximum absolute atomic E-state index is 14.5. The van der Waals surface area contributed by atoms with Crippen molar-refractivity contribution in [3.63, 3.8) is 0 Å². The number of rotatable bonds is 11. The second-order valence-electron chi connectivity index (χ2n) is 12.2. The molecule has 1 heterocycles. The summed E-state index contributed by atoms with van der Waals surface area (Å²) >= 11 is 0. The predicted molar refractivity (Wildman–Crippen MR) is 171 cm³/mol. The number of nitrogens with one attached hydrogen (secondary N) is 1. The van der Waals surface area contributed by atoms with Gasteiger partial charge in [-0.1, -0.05) is 44.2 Å². The number of nitrogens with zero attached hydrogens (tertiary/aromatic N) is 2. The first kappa shape index (κ1) is 33.5. The van der Waals surface area contributed by atoms with Gasteiger partial charge in [-0.25, -0.2) is 13.9 Å². The molecule has 246 valence electrons. The van der Waals surface area contributed by atoms with Crippen LogP contribution in [0.1, 0.15) is 47.3 Å². The number of methoxy groups -OCH3 is 1. The van der Waals surface area contributed by atoms with Gasteiger partial charge >= 0.3 is 12.1 Å². The highest BCUT2D eigenvalue weighted by atomic mass is 19.4. The fraction of sp³-hybridized carbons (Fsp3) is 0.278. The molecule has 5 aromatic rings. The summed E-state index contributed by atoms with van der Waals surface area (Å²) < 4.78 is 70.0. The van der Waals surface area contributed by atoms with E-state index in [0.29, 0.717) is 27.8 Å². The minimum absolute atomic E-state index is 0.139. The van der Waals surface area contributed by atoms with E-state index in [1.165, 1.54) is 33.2 Å². The van der Waals surface area contributed by atoms with Crippen molar-refractivity contribution in [2.24, 2.45) is 0 Å². The first-order valence-electron chi connectivity index (χ1n) is 14.9. The number of aliphatic hydroxyl groups is 1. The van der Waals surface area contributed by atoms with E-state index in [-0.39, 0.29) is 17.9 Å². The monoisotopic (exact) mass is 649 g/mol. The summed E-state index contributed by atoms with van der Waals surface area (Å²) in [6.45, 7) is 4.07. The number of carbonyl (C=O) groups excluding carboxylic acids is 1. The third kappa shape index (κ3) is 7.25. The van der Waals surface area contributed by atoms with Crippen LogP contribution in [-0.4, -0.2) is 46.3 Å². The average Bonchev–Trinajstić information content (AvgIpc) is 3.46. The van der Waals surface area contributed by atoms with E-state index in [2.05, 4.69) is 10.4 Å². The lowest BCUT2D eigenvalue weighted by atomic mass is 9.74. The molecule has 0 radical (unpaired) electrons. The van der Waals surface area contributed by atoms with Crippen molar-refractivity contribution in [3.05, 3.63) is 119 Å². The summed E-state index contributed by atoms with van der Waals surface area (Å²) in [5.74, 6) is -0.887. The van der Waals surface area contributed by atoms with Gasteiger partial charge in [-0.3, -0.25) is 0 Å². The van der Waals surface area contributed by atoms with E-state index in [9.17, 15) is 27.5 Å². The molecule has 2 N–H and O–H groups in total. The Morgan fingerprint density at radius 1 is 0.979 bits per heavy atom. The SMILES string of the molecule is COc1ccc(F)cc1C(C)(C)CC(O)(CNc1cc(C)cc2c1cnn2-c1ccc(C(=O)OCc2ccccc2)cc1)C(F)(F)F. The van der Waals surface area contributed by atoms with Crippen molar-refractivity contribution >= 4 is 22.6 Å². The molecule has 0 spiro atoms. The van der Waals surface area contributed by atoms with E-state index in [1.807, 2.05) is 36.4 Å². The third-order valence-electron chi connectivity index (χ3n) is 8.12. The lowest BCUT2D eigenvalue weighted by Crippen LogP contribution is -2.53. The fourth-order valence-electron chi connectivity index (χ4n) is 5.70. The van der Waals surface area contributed by atoms with Crippen LogP contribution < -0.4 is 10.1 Å². The number of ether oxygens (including phenoxy) is 2. The molecule has 0 bridgehead atoms. The Bertz CT molecular complexity index is 1870. The predicted octanol–water partition coefficient (Wildman–Crippen LogP) is 7.91. The van der Waals surface area contributed by atoms with Crippen LogP contribution >= 0.6 is 0 Å². The molecular formula is C36H35F4N3O4. The number of esters is 1. The van der Waals surface area contributed by atoms with Crippen molar-refractivity contribution in [2.75, 3.05) is 19.0 Å². The molecule has 1 atom stereocenters. The summed E-state index contributed by atoms with van der Waals surface area (Å²) in [6.07, 6.45) is -4.27. The first-order valence-corrected chi connectivity index (χ1v) is 14.9. The lowest BCUT2D eigenvalue weighted by molar-refractivity contribution is -0.260. The Hall–Kier alpha value is -4.90. The maximum Gasteiger partial charge on any atom is 0.418 e. The van der Waals surface area contributed by atoms with Gasteiger partial charge in [0.2, 0.25) is 0 Å². The first-order chi connectivity index (χ1) is 22.2. The second-order valence-corrected chi connectivity index (χ2v) is 12.2. The van der Waals surface area contributed by atoms with Crippen LogP contribution in [0.5, 0.6) is 5.75 Å². The zero-order chi connectivity index (χ0) is 34.0. The van der Waals surface area contributed by atoms with Gasteiger partial charge in [0.1, 0.15) is 18.2 Å². The molecule has 47 heavy (non-hydrogen) atoms. The van der Waals surface area contributed by atoms with Crippen LogP contribution in [0.4, 0.5) is 23.2 Å². The Labute approximate surface area is 269 Å². The van der Waals surface area contributed by atoms with E-state index in [4.69, 9.17) is 9.47 Å². The highest BCUT2D eigenvalue weighted by Crippen LogP contribution is 2.44. The molecule has 0 aliphatic rings. The smallest absolute Gasteiger partial charge is 0.418 e. The number of fused-ring (bicyclic) bond motifs is 1. The minimum Gasteiger partial charge on any atom is -0.496 e. The van der Waals surface area contributed by atoms with Crippen molar-refractivity contribution in [1.82, 2.24) is 9.78 Å². The molecule has 1 unspecified atom stereocenters. The number of aryl methyl sites for hydroxylation is 1. The normalized spacial score (nSPS) is 13.3. The molecule has 4 aromatic carbocycles. The van der Waals surface area contributed by atoms with Gasteiger partial charge in [-0.2, -0.15) is 18.3 Å². The van der Waals surface area contributed by atoms with E-state index in [1.54, 1.807) is 41.9 Å². The summed E-state index contributed by atoms with van der Waals surface area (Å²) in [5.41, 5.74) is -0.788. The third-order valence-corrected chi connectivity index (χ3v) is 8.12. The van der Waals surface area contributed by atoms with Crippen LogP contribution in [0.15, 0.2) is 91.1 Å². The van der Waals surface area contributed by atoms with Crippen molar-refractivity contribution in [2.45, 2.75) is 51.0 Å². The van der Waals surface area contributed by atoms with Gasteiger partial charge in [0.05, 0.1) is 36.6 Å². The van der Waals surface area contributed by atoms with Crippen LogP contribution in [0.2, 0.25) is 0 Å². The summed E-state index contributed by atoms with van der Waals surface area (Å²) in [5, 5.41) is 19.0. The van der Waals surface area contributed by atoms with Gasteiger partial charge in [-0.15, -0.1) is 0 Å². The number of hydrogen-bond acceptors (Lipinski definition) is 6. The summed E-state index contributed by atoms with van der Waals surface area (Å²) in [6, 6.07) is 23.1. The number of halogens is 4. The standard InChI is InChI=1S/C36H35F4N3O4/c1-23-16-30(41-22-35(45,36(38,39)40)21-34(2,3)29-18-26(37)12-15-32(29)46-4)28-19-42-43(31(28)17-23)27-13-10-25(11-14-27)33(44)47-20-24-8-6-5-7-9-24/h5-19,41,45H,20-22H2,1-4H3. The van der Waals surface area contributed by atoms with Crippen molar-refractivity contribution < 1.29 is 36.9 Å². The Morgan fingerprint density at radius 3 is 2.34 bits per heavy atom. The van der Waals surface area contributed by atoms with Crippen LogP contribution in [0.25, 0.3) is 16.6 Å².